The van der Waals surface area contributed by atoms with Gasteiger partial charge >= 0.3 is 0 Å². The summed E-state index contributed by atoms with van der Waals surface area (Å²) < 4.78 is 14.9. The van der Waals surface area contributed by atoms with Gasteiger partial charge < -0.3 is 0 Å². The van der Waals surface area contributed by atoms with Crippen molar-refractivity contribution < 1.29 is 4.39 Å². The molecule has 102 valence electrons. The van der Waals surface area contributed by atoms with Crippen LogP contribution in [0, 0.1) is 5.82 Å². The number of aromatic nitrogens is 1. The Hall–Kier alpha value is -2.04. The third-order valence-electron chi connectivity index (χ3n) is 3.44. The van der Waals surface area contributed by atoms with Crippen LogP contribution in [0.3, 0.4) is 0 Å². The fourth-order valence-electron chi connectivity index (χ4n) is 2.51. The number of pyridine rings is 1. The normalized spacial score (nSPS) is 11.5. The minimum absolute atomic E-state index is 0.209. The third-order valence-corrected chi connectivity index (χ3v) is 4.86. The van der Waals surface area contributed by atoms with E-state index in [1.165, 1.54) is 23.5 Å². The van der Waals surface area contributed by atoms with E-state index in [9.17, 15) is 9.18 Å². The van der Waals surface area contributed by atoms with Gasteiger partial charge in [0.15, 0.2) is 5.43 Å². The van der Waals surface area contributed by atoms with E-state index in [0.717, 1.165) is 9.40 Å². The van der Waals surface area contributed by atoms with Gasteiger partial charge in [0, 0.05) is 21.7 Å². The summed E-state index contributed by atoms with van der Waals surface area (Å²) in [5, 5.41) is 1.99. The number of rotatable bonds is 0. The summed E-state index contributed by atoms with van der Waals surface area (Å²) in [6.45, 7) is 0. The van der Waals surface area contributed by atoms with Crippen molar-refractivity contribution in [1.29, 1.82) is 0 Å². The standard InChI is InChI=1S/C16H7ClFNOS/c17-10-2-1-3-11-14(10)15-13(7-19-11)21-12-5-4-8(18)6-9(12)16(15)20/h1-7H. The highest BCUT2D eigenvalue weighted by Crippen LogP contribution is 2.32. The highest BCUT2D eigenvalue weighted by molar-refractivity contribution is 7.24. The molecule has 0 N–H and O–H groups in total. The predicted molar refractivity (Wildman–Crippen MR) is 85.9 cm³/mol. The van der Waals surface area contributed by atoms with Gasteiger partial charge in [-0.15, -0.1) is 11.3 Å². The van der Waals surface area contributed by atoms with Crippen LogP contribution in [0.1, 0.15) is 0 Å². The van der Waals surface area contributed by atoms with E-state index in [2.05, 4.69) is 4.98 Å². The summed E-state index contributed by atoms with van der Waals surface area (Å²) in [6, 6.07) is 9.57. The molecule has 0 aliphatic carbocycles. The predicted octanol–water partition coefficient (Wildman–Crippen LogP) is 4.76. The molecule has 0 bridgehead atoms. The van der Waals surface area contributed by atoms with Gasteiger partial charge in [0.1, 0.15) is 5.82 Å². The molecule has 0 fully saturated rings. The average Bonchev–Trinajstić information content (AvgIpc) is 2.48. The van der Waals surface area contributed by atoms with Crippen LogP contribution in [0.2, 0.25) is 5.02 Å². The van der Waals surface area contributed by atoms with E-state index in [0.29, 0.717) is 26.7 Å². The van der Waals surface area contributed by atoms with Crippen LogP contribution in [0.5, 0.6) is 0 Å². The summed E-state index contributed by atoms with van der Waals surface area (Å²) in [7, 11) is 0. The van der Waals surface area contributed by atoms with Gasteiger partial charge in [0.25, 0.3) is 0 Å². The number of nitrogens with zero attached hydrogens (tertiary/aromatic N) is 1. The number of fused-ring (bicyclic) bond motifs is 4. The second kappa shape index (κ2) is 4.48. The molecule has 2 aromatic heterocycles. The first-order valence-corrected chi connectivity index (χ1v) is 7.44. The number of halogens is 2. The van der Waals surface area contributed by atoms with Gasteiger partial charge in [-0.25, -0.2) is 4.39 Å². The van der Waals surface area contributed by atoms with Crippen LogP contribution >= 0.6 is 22.9 Å². The molecule has 4 aromatic rings. The smallest absolute Gasteiger partial charge is 0.196 e. The first kappa shape index (κ1) is 12.7. The maximum Gasteiger partial charge on any atom is 0.196 e. The van der Waals surface area contributed by atoms with E-state index in [4.69, 9.17) is 11.6 Å². The van der Waals surface area contributed by atoms with Crippen LogP contribution in [0.4, 0.5) is 4.39 Å². The van der Waals surface area contributed by atoms with E-state index in [1.807, 2.05) is 0 Å². The van der Waals surface area contributed by atoms with Crippen molar-refractivity contribution in [2.24, 2.45) is 0 Å². The topological polar surface area (TPSA) is 30.0 Å². The van der Waals surface area contributed by atoms with Gasteiger partial charge in [0.2, 0.25) is 0 Å². The summed E-state index contributed by atoms with van der Waals surface area (Å²) >= 11 is 7.65. The Kier molecular flexibility index (Phi) is 2.71. The van der Waals surface area contributed by atoms with E-state index in [-0.39, 0.29) is 5.43 Å². The number of benzene rings is 2. The zero-order valence-corrected chi connectivity index (χ0v) is 12.1. The van der Waals surface area contributed by atoms with Crippen molar-refractivity contribution >= 4 is 54.0 Å². The van der Waals surface area contributed by atoms with Gasteiger partial charge in [-0.2, -0.15) is 0 Å². The number of hydrogen-bond donors (Lipinski definition) is 0. The molecule has 5 heteroatoms. The Labute approximate surface area is 127 Å². The third kappa shape index (κ3) is 1.83. The largest absolute Gasteiger partial charge is 0.288 e. The molecular formula is C16H7ClFNOS. The zero-order chi connectivity index (χ0) is 14.6. The molecule has 0 amide bonds. The lowest BCUT2D eigenvalue weighted by molar-refractivity contribution is 0.630. The Morgan fingerprint density at radius 3 is 2.81 bits per heavy atom. The monoisotopic (exact) mass is 315 g/mol. The van der Waals surface area contributed by atoms with Crippen molar-refractivity contribution in [2.45, 2.75) is 0 Å². The highest BCUT2D eigenvalue weighted by atomic mass is 35.5. The molecule has 0 radical (unpaired) electrons. The van der Waals surface area contributed by atoms with Gasteiger partial charge in [-0.3, -0.25) is 9.78 Å². The highest BCUT2D eigenvalue weighted by Gasteiger charge is 2.12. The minimum atomic E-state index is -0.421. The Morgan fingerprint density at radius 2 is 1.95 bits per heavy atom. The lowest BCUT2D eigenvalue weighted by Crippen LogP contribution is -2.03. The molecule has 0 saturated heterocycles. The first-order valence-electron chi connectivity index (χ1n) is 6.24. The molecule has 0 saturated carbocycles. The molecule has 0 aliphatic rings. The molecular weight excluding hydrogens is 309 g/mol. The van der Waals surface area contributed by atoms with E-state index < -0.39 is 5.82 Å². The molecule has 0 spiro atoms. The Balaban J connectivity index is 2.36. The van der Waals surface area contributed by atoms with Crippen LogP contribution in [-0.2, 0) is 0 Å². The quantitative estimate of drug-likeness (QED) is 0.346. The number of hydrogen-bond acceptors (Lipinski definition) is 3. The maximum absolute atomic E-state index is 13.4. The first-order chi connectivity index (χ1) is 10.1. The van der Waals surface area contributed by atoms with Crippen molar-refractivity contribution in [3.63, 3.8) is 0 Å². The zero-order valence-electron chi connectivity index (χ0n) is 10.6. The summed E-state index contributed by atoms with van der Waals surface area (Å²) in [4.78, 5) is 17.1. The van der Waals surface area contributed by atoms with Crippen LogP contribution in [-0.4, -0.2) is 4.98 Å². The van der Waals surface area contributed by atoms with Crippen molar-refractivity contribution in [3.05, 3.63) is 63.7 Å². The Morgan fingerprint density at radius 1 is 1.10 bits per heavy atom. The lowest BCUT2D eigenvalue weighted by Gasteiger charge is -2.05. The lowest BCUT2D eigenvalue weighted by atomic mass is 10.1. The molecule has 2 heterocycles. The molecule has 0 atom stereocenters. The minimum Gasteiger partial charge on any atom is -0.288 e. The average molecular weight is 316 g/mol. The van der Waals surface area contributed by atoms with E-state index in [1.54, 1.807) is 30.5 Å². The SMILES string of the molecule is O=c1c2cc(F)ccc2sc2cnc3cccc(Cl)c3c12. The van der Waals surface area contributed by atoms with Gasteiger partial charge in [0.05, 0.1) is 20.6 Å². The maximum atomic E-state index is 13.4. The fourth-order valence-corrected chi connectivity index (χ4v) is 3.81. The van der Waals surface area contributed by atoms with Crippen LogP contribution in [0.15, 0.2) is 47.4 Å². The van der Waals surface area contributed by atoms with Crippen molar-refractivity contribution in [2.75, 3.05) is 0 Å². The fraction of sp³-hybridized carbons (Fsp3) is 0. The summed E-state index contributed by atoms with van der Waals surface area (Å²) in [5.74, 6) is -0.421. The summed E-state index contributed by atoms with van der Waals surface area (Å²) in [6.07, 6.45) is 1.67. The molecule has 0 unspecified atom stereocenters. The Bertz CT molecular complexity index is 1090. The second-order valence-electron chi connectivity index (χ2n) is 4.70. The molecule has 2 nitrogen and oxygen atoms in total. The van der Waals surface area contributed by atoms with Gasteiger partial charge in [-0.1, -0.05) is 17.7 Å². The van der Waals surface area contributed by atoms with Crippen molar-refractivity contribution in [3.8, 4) is 0 Å². The van der Waals surface area contributed by atoms with Crippen molar-refractivity contribution in [1.82, 2.24) is 4.98 Å². The molecule has 21 heavy (non-hydrogen) atoms. The molecule has 0 aliphatic heterocycles. The van der Waals surface area contributed by atoms with E-state index >= 15 is 0 Å². The molecule has 4 rings (SSSR count). The van der Waals surface area contributed by atoms with Crippen LogP contribution < -0.4 is 5.43 Å². The second-order valence-corrected chi connectivity index (χ2v) is 6.19. The summed E-state index contributed by atoms with van der Waals surface area (Å²) in [5.41, 5.74) is 0.453. The van der Waals surface area contributed by atoms with Crippen LogP contribution in [0.25, 0.3) is 31.1 Å². The molecule has 2 aromatic carbocycles. The van der Waals surface area contributed by atoms with Gasteiger partial charge in [-0.05, 0) is 30.3 Å².